The Bertz CT molecular complexity index is 165. The summed E-state index contributed by atoms with van der Waals surface area (Å²) in [5.74, 6) is 0. The van der Waals surface area contributed by atoms with Gasteiger partial charge < -0.3 is 0 Å². The maximum atomic E-state index is 5.81. The minimum atomic E-state index is -0.0266. The van der Waals surface area contributed by atoms with Gasteiger partial charge in [0.15, 0.2) is 0 Å². The fourth-order valence-corrected chi connectivity index (χ4v) is 1.36. The molecule has 1 aliphatic rings. The first-order chi connectivity index (χ1) is 4.79. The number of hydrogen-bond donors (Lipinski definition) is 0. The SMILES string of the molecule is ClC1CCC/C=C(/Br)C=N1. The van der Waals surface area contributed by atoms with Gasteiger partial charge in [-0.05, 0) is 35.2 Å². The molecular weight excluding hydrogens is 213 g/mol. The van der Waals surface area contributed by atoms with Crippen LogP contribution in [0.1, 0.15) is 19.3 Å². The standard InChI is InChI=1S/C7H9BrClN/c8-6-3-1-2-4-7(9)10-5-6/h3,5,7H,1-2,4H2/b6-3+,10-5?. The lowest BCUT2D eigenvalue weighted by atomic mass is 10.2. The Morgan fingerprint density at radius 2 is 2.50 bits per heavy atom. The number of rotatable bonds is 0. The van der Waals surface area contributed by atoms with Crippen LogP contribution in [0.25, 0.3) is 0 Å². The summed E-state index contributed by atoms with van der Waals surface area (Å²) >= 11 is 9.17. The first-order valence-electron chi connectivity index (χ1n) is 3.32. The third-order valence-electron chi connectivity index (χ3n) is 1.35. The molecule has 0 N–H and O–H groups in total. The molecule has 0 amide bonds. The van der Waals surface area contributed by atoms with E-state index in [0.717, 1.165) is 23.7 Å². The summed E-state index contributed by atoms with van der Waals surface area (Å²) in [6.07, 6.45) is 7.09. The predicted octanol–water partition coefficient (Wildman–Crippen LogP) is 3.08. The molecule has 1 atom stereocenters. The van der Waals surface area contributed by atoms with Gasteiger partial charge in [0.2, 0.25) is 0 Å². The van der Waals surface area contributed by atoms with Crippen molar-refractivity contribution in [2.75, 3.05) is 0 Å². The van der Waals surface area contributed by atoms with Crippen LogP contribution in [-0.2, 0) is 0 Å². The summed E-state index contributed by atoms with van der Waals surface area (Å²) in [5, 5.41) is 0. The van der Waals surface area contributed by atoms with Crippen LogP contribution in [0.15, 0.2) is 15.6 Å². The Hall–Kier alpha value is 0.180. The largest absolute Gasteiger partial charge is 0.273 e. The van der Waals surface area contributed by atoms with Crippen molar-refractivity contribution >= 4 is 33.7 Å². The first-order valence-corrected chi connectivity index (χ1v) is 4.55. The van der Waals surface area contributed by atoms with Crippen LogP contribution in [0.5, 0.6) is 0 Å². The molecule has 1 rings (SSSR count). The second kappa shape index (κ2) is 4.14. The molecule has 0 saturated carbocycles. The van der Waals surface area contributed by atoms with Gasteiger partial charge in [-0.2, -0.15) is 0 Å². The van der Waals surface area contributed by atoms with Gasteiger partial charge in [-0.25, -0.2) is 0 Å². The van der Waals surface area contributed by atoms with E-state index in [9.17, 15) is 0 Å². The van der Waals surface area contributed by atoms with E-state index in [0.29, 0.717) is 0 Å². The molecule has 1 heterocycles. The van der Waals surface area contributed by atoms with Gasteiger partial charge in [0.1, 0.15) is 5.50 Å². The summed E-state index contributed by atoms with van der Waals surface area (Å²) in [7, 11) is 0. The maximum Gasteiger partial charge on any atom is 0.123 e. The van der Waals surface area contributed by atoms with Gasteiger partial charge in [0, 0.05) is 10.7 Å². The Kier molecular flexibility index (Phi) is 3.43. The number of alkyl halides is 1. The molecule has 1 nitrogen and oxygen atoms in total. The monoisotopic (exact) mass is 221 g/mol. The summed E-state index contributed by atoms with van der Waals surface area (Å²) in [4.78, 5) is 4.09. The quantitative estimate of drug-likeness (QED) is 0.441. The van der Waals surface area contributed by atoms with E-state index < -0.39 is 0 Å². The highest BCUT2D eigenvalue weighted by atomic mass is 79.9. The second-order valence-corrected chi connectivity index (χ2v) is 3.65. The smallest absolute Gasteiger partial charge is 0.123 e. The van der Waals surface area contributed by atoms with Crippen molar-refractivity contribution in [1.29, 1.82) is 0 Å². The van der Waals surface area contributed by atoms with E-state index in [1.165, 1.54) is 0 Å². The molecule has 0 saturated heterocycles. The molecule has 10 heavy (non-hydrogen) atoms. The molecule has 1 aliphatic heterocycles. The topological polar surface area (TPSA) is 12.4 Å². The summed E-state index contributed by atoms with van der Waals surface area (Å²) < 4.78 is 1.04. The fourth-order valence-electron chi connectivity index (χ4n) is 0.806. The van der Waals surface area contributed by atoms with E-state index in [1.807, 2.05) is 0 Å². The lowest BCUT2D eigenvalue weighted by Gasteiger charge is -2.04. The van der Waals surface area contributed by atoms with E-state index in [2.05, 4.69) is 27.0 Å². The van der Waals surface area contributed by atoms with Gasteiger partial charge in [-0.15, -0.1) is 0 Å². The van der Waals surface area contributed by atoms with Crippen LogP contribution in [0.4, 0.5) is 0 Å². The Morgan fingerprint density at radius 3 is 3.30 bits per heavy atom. The van der Waals surface area contributed by atoms with Crippen molar-refractivity contribution < 1.29 is 0 Å². The number of halogens is 2. The molecule has 0 fully saturated rings. The summed E-state index contributed by atoms with van der Waals surface area (Å²) in [6, 6.07) is 0. The third kappa shape index (κ3) is 2.84. The zero-order valence-electron chi connectivity index (χ0n) is 5.56. The average Bonchev–Trinajstić information content (AvgIpc) is 1.90. The van der Waals surface area contributed by atoms with E-state index in [1.54, 1.807) is 6.21 Å². The summed E-state index contributed by atoms with van der Waals surface area (Å²) in [6.45, 7) is 0. The van der Waals surface area contributed by atoms with Gasteiger partial charge in [-0.1, -0.05) is 17.7 Å². The highest BCUT2D eigenvalue weighted by Crippen LogP contribution is 2.15. The minimum absolute atomic E-state index is 0.0266. The predicted molar refractivity (Wildman–Crippen MR) is 49.0 cm³/mol. The molecule has 0 aliphatic carbocycles. The normalized spacial score (nSPS) is 32.2. The summed E-state index contributed by atoms with van der Waals surface area (Å²) in [5.41, 5.74) is -0.0266. The van der Waals surface area contributed by atoms with Gasteiger partial charge in [0.05, 0.1) is 0 Å². The molecule has 0 aromatic rings. The zero-order valence-corrected chi connectivity index (χ0v) is 7.90. The van der Waals surface area contributed by atoms with Crippen molar-refractivity contribution in [3.05, 3.63) is 10.6 Å². The lowest BCUT2D eigenvalue weighted by Crippen LogP contribution is -1.96. The molecular formula is C7H9BrClN. The molecule has 56 valence electrons. The van der Waals surface area contributed by atoms with Crippen molar-refractivity contribution in [2.24, 2.45) is 4.99 Å². The molecule has 0 bridgehead atoms. The van der Waals surface area contributed by atoms with Crippen molar-refractivity contribution in [3.8, 4) is 0 Å². The highest BCUT2D eigenvalue weighted by molar-refractivity contribution is 9.12. The molecule has 3 heteroatoms. The van der Waals surface area contributed by atoms with E-state index in [4.69, 9.17) is 11.6 Å². The third-order valence-corrected chi connectivity index (χ3v) is 2.20. The Morgan fingerprint density at radius 1 is 1.70 bits per heavy atom. The molecule has 0 radical (unpaired) electrons. The number of nitrogens with zero attached hydrogens (tertiary/aromatic N) is 1. The number of hydrogen-bond acceptors (Lipinski definition) is 1. The number of allylic oxidation sites excluding steroid dienone is 2. The molecule has 1 unspecified atom stereocenters. The van der Waals surface area contributed by atoms with Crippen LogP contribution in [0.3, 0.4) is 0 Å². The fraction of sp³-hybridized carbons (Fsp3) is 0.571. The van der Waals surface area contributed by atoms with E-state index in [-0.39, 0.29) is 5.50 Å². The Balaban J connectivity index is 2.57. The zero-order chi connectivity index (χ0) is 7.40. The second-order valence-electron chi connectivity index (χ2n) is 2.23. The average molecular weight is 223 g/mol. The van der Waals surface area contributed by atoms with Crippen molar-refractivity contribution in [1.82, 2.24) is 0 Å². The minimum Gasteiger partial charge on any atom is -0.273 e. The van der Waals surface area contributed by atoms with Crippen LogP contribution < -0.4 is 0 Å². The molecule has 0 aromatic carbocycles. The van der Waals surface area contributed by atoms with Gasteiger partial charge in [0.25, 0.3) is 0 Å². The van der Waals surface area contributed by atoms with Crippen molar-refractivity contribution in [3.63, 3.8) is 0 Å². The van der Waals surface area contributed by atoms with Gasteiger partial charge >= 0.3 is 0 Å². The van der Waals surface area contributed by atoms with Crippen LogP contribution in [-0.4, -0.2) is 11.7 Å². The van der Waals surface area contributed by atoms with E-state index >= 15 is 0 Å². The number of aliphatic imine (C=N–C) groups is 1. The highest BCUT2D eigenvalue weighted by Gasteiger charge is 2.01. The first kappa shape index (κ1) is 8.28. The van der Waals surface area contributed by atoms with Gasteiger partial charge in [-0.3, -0.25) is 4.99 Å². The Labute approximate surface area is 74.3 Å². The molecule has 0 aromatic heterocycles. The van der Waals surface area contributed by atoms with Crippen LogP contribution in [0, 0.1) is 0 Å². The maximum absolute atomic E-state index is 5.81. The van der Waals surface area contributed by atoms with Crippen molar-refractivity contribution in [2.45, 2.75) is 24.8 Å². The van der Waals surface area contributed by atoms with Crippen LogP contribution in [0.2, 0.25) is 0 Å². The molecule has 0 spiro atoms. The lowest BCUT2D eigenvalue weighted by molar-refractivity contribution is 0.717. The van der Waals surface area contributed by atoms with Crippen LogP contribution >= 0.6 is 27.5 Å².